The Morgan fingerprint density at radius 1 is 0.800 bits per heavy atom. The summed E-state index contributed by atoms with van der Waals surface area (Å²) in [6.07, 6.45) is 0. The van der Waals surface area contributed by atoms with E-state index in [9.17, 15) is 0 Å². The maximum atomic E-state index is 7.50. The standard InChI is InChI=1S/2CO.Ag/c2*1-2;/q;;+1. The van der Waals surface area contributed by atoms with Crippen LogP contribution in [0.25, 0.3) is 0 Å². The van der Waals surface area contributed by atoms with Crippen LogP contribution >= 0.6 is 0 Å². The molecular weight excluding hydrogens is 164 g/mol. The Hall–Kier alpha value is 0.220. The maximum absolute atomic E-state index is 7.50. The monoisotopic (exact) mass is 163 g/mol. The Morgan fingerprint density at radius 2 is 0.800 bits per heavy atom. The van der Waals surface area contributed by atoms with Crippen molar-refractivity contribution in [2.75, 3.05) is 0 Å². The molecule has 0 heterocycles. The van der Waals surface area contributed by atoms with E-state index in [1.165, 1.54) is 0 Å². The van der Waals surface area contributed by atoms with Crippen molar-refractivity contribution in [1.29, 1.82) is 0 Å². The minimum atomic E-state index is 0. The van der Waals surface area contributed by atoms with Gasteiger partial charge in [0, 0.05) is 0 Å². The quantitative estimate of drug-likeness (QED) is 0.273. The van der Waals surface area contributed by atoms with Gasteiger partial charge in [-0.2, -0.15) is 0 Å². The predicted octanol–water partition coefficient (Wildman–Crippen LogP) is -0.0775. The van der Waals surface area contributed by atoms with Gasteiger partial charge >= 0.3 is 45.0 Å². The van der Waals surface area contributed by atoms with E-state index < -0.39 is 0 Å². The molecule has 0 unspecified atom stereocenters. The number of rotatable bonds is 0. The summed E-state index contributed by atoms with van der Waals surface area (Å²) in [6.45, 7) is 9.00. The van der Waals surface area contributed by atoms with Gasteiger partial charge in [-0.3, -0.25) is 0 Å². The average Bonchev–Trinajstić information content (AvgIpc) is 1.50. The van der Waals surface area contributed by atoms with Crippen molar-refractivity contribution in [3.8, 4) is 0 Å². The minimum absolute atomic E-state index is 0. The topological polar surface area (TPSA) is 39.8 Å². The van der Waals surface area contributed by atoms with E-state index in [2.05, 4.69) is 13.3 Å². The molecule has 0 saturated heterocycles. The van der Waals surface area contributed by atoms with Gasteiger partial charge in [0.25, 0.3) is 0 Å². The summed E-state index contributed by atoms with van der Waals surface area (Å²) in [5.74, 6) is 0. The summed E-state index contributed by atoms with van der Waals surface area (Å²) in [4.78, 5) is 0. The van der Waals surface area contributed by atoms with Gasteiger partial charge < -0.3 is 0 Å². The van der Waals surface area contributed by atoms with Crippen LogP contribution in [0.5, 0.6) is 0 Å². The molecule has 0 amide bonds. The van der Waals surface area contributed by atoms with Crippen molar-refractivity contribution in [1.82, 2.24) is 0 Å². The first kappa shape index (κ1) is 18.9. The summed E-state index contributed by atoms with van der Waals surface area (Å²) in [5.41, 5.74) is 0. The van der Waals surface area contributed by atoms with Crippen molar-refractivity contribution in [3.63, 3.8) is 0 Å². The molecule has 0 fully saturated rings. The molecule has 0 atom stereocenters. The van der Waals surface area contributed by atoms with Gasteiger partial charge in [0.05, 0.1) is 0 Å². The van der Waals surface area contributed by atoms with Gasteiger partial charge in [-0.05, 0) is 0 Å². The Bertz CT molecular complexity index is 23.1. The first-order valence-corrected chi connectivity index (χ1v) is 0.408. The van der Waals surface area contributed by atoms with E-state index in [0.717, 1.165) is 0 Å². The Morgan fingerprint density at radius 3 is 0.800 bits per heavy atom. The molecule has 0 aliphatic carbocycles. The zero-order valence-corrected chi connectivity index (χ0v) is 3.60. The van der Waals surface area contributed by atoms with Gasteiger partial charge in [0.1, 0.15) is 0 Å². The van der Waals surface area contributed by atoms with Crippen LogP contribution in [-0.2, 0) is 31.7 Å². The van der Waals surface area contributed by atoms with Gasteiger partial charge in [0.2, 0.25) is 0 Å². The van der Waals surface area contributed by atoms with Crippen LogP contribution in [0.15, 0.2) is 0 Å². The molecule has 0 aromatic heterocycles. The van der Waals surface area contributed by atoms with Crippen molar-refractivity contribution in [2.45, 2.75) is 0 Å². The molecule has 0 spiro atoms. The molecule has 0 aliphatic heterocycles. The fourth-order valence-electron chi connectivity index (χ4n) is 0. The molecule has 0 N–H and O–H groups in total. The summed E-state index contributed by atoms with van der Waals surface area (Å²) < 4.78 is 15.0. The second-order valence-corrected chi connectivity index (χ2v) is 0. The third-order valence-corrected chi connectivity index (χ3v) is 0. The van der Waals surface area contributed by atoms with Crippen LogP contribution < -0.4 is 0 Å². The van der Waals surface area contributed by atoms with Crippen LogP contribution in [0.2, 0.25) is 0 Å². The van der Waals surface area contributed by atoms with Crippen LogP contribution in [0.3, 0.4) is 0 Å². The Labute approximate surface area is 45.5 Å². The van der Waals surface area contributed by atoms with Crippen LogP contribution in [0.4, 0.5) is 0 Å². The predicted molar refractivity (Wildman–Crippen MR) is 7.86 cm³/mol. The van der Waals surface area contributed by atoms with E-state index in [0.29, 0.717) is 0 Å². The van der Waals surface area contributed by atoms with Crippen molar-refractivity contribution >= 4 is 0 Å². The van der Waals surface area contributed by atoms with Crippen LogP contribution in [0, 0.1) is 13.3 Å². The summed E-state index contributed by atoms with van der Waals surface area (Å²) in [5, 5.41) is 0. The van der Waals surface area contributed by atoms with Gasteiger partial charge in [0.15, 0.2) is 0 Å². The third kappa shape index (κ3) is 429. The second-order valence-electron chi connectivity index (χ2n) is 0. The Balaban J connectivity index is -0.0000000133. The summed E-state index contributed by atoms with van der Waals surface area (Å²) in [6, 6.07) is 0. The molecular formula is C2AgO2+. The van der Waals surface area contributed by atoms with Crippen molar-refractivity contribution in [2.24, 2.45) is 0 Å². The van der Waals surface area contributed by atoms with E-state index in [1.54, 1.807) is 0 Å². The van der Waals surface area contributed by atoms with Crippen molar-refractivity contribution < 1.29 is 31.7 Å². The third-order valence-electron chi connectivity index (χ3n) is 0. The fourth-order valence-corrected chi connectivity index (χ4v) is 0. The van der Waals surface area contributed by atoms with E-state index in [4.69, 9.17) is 9.30 Å². The zero-order chi connectivity index (χ0) is 4.00. The molecule has 0 rings (SSSR count). The normalized spacial score (nSPS) is 0.800. The van der Waals surface area contributed by atoms with Crippen molar-refractivity contribution in [3.05, 3.63) is 13.3 Å². The van der Waals surface area contributed by atoms with E-state index >= 15 is 0 Å². The molecule has 0 bridgehead atoms. The molecule has 5 heavy (non-hydrogen) atoms. The zero-order valence-electron chi connectivity index (χ0n) is 2.12. The molecule has 2 nitrogen and oxygen atoms in total. The van der Waals surface area contributed by atoms with Gasteiger partial charge in [-0.25, -0.2) is 0 Å². The molecule has 0 aromatic carbocycles. The number of hydrogen-bond donors (Lipinski definition) is 0. The molecule has 0 aliphatic rings. The van der Waals surface area contributed by atoms with Crippen LogP contribution in [0.1, 0.15) is 0 Å². The molecule has 30 valence electrons. The van der Waals surface area contributed by atoms with Crippen LogP contribution in [-0.4, -0.2) is 0 Å². The number of hydrogen-bond acceptors (Lipinski definition) is 0. The Kier molecular flexibility index (Phi) is 3400. The van der Waals surface area contributed by atoms with Gasteiger partial charge in [-0.1, -0.05) is 0 Å². The first-order valence-electron chi connectivity index (χ1n) is 0.408. The van der Waals surface area contributed by atoms with Gasteiger partial charge in [-0.15, -0.1) is 0 Å². The summed E-state index contributed by atoms with van der Waals surface area (Å²) >= 11 is 0. The molecule has 0 radical (unpaired) electrons. The SMILES string of the molecule is [Ag+].[C-]#[O+].[C-]#[O+]. The second kappa shape index (κ2) is 902. The average molecular weight is 164 g/mol. The molecule has 0 aromatic rings. The molecule has 3 heteroatoms. The van der Waals surface area contributed by atoms with E-state index in [-0.39, 0.29) is 22.4 Å². The fraction of sp³-hybridized carbons (Fsp3) is 0. The van der Waals surface area contributed by atoms with E-state index in [1.807, 2.05) is 0 Å². The molecule has 0 saturated carbocycles. The first-order chi connectivity index (χ1) is 2.00. The summed E-state index contributed by atoms with van der Waals surface area (Å²) in [7, 11) is 0.